The Balaban J connectivity index is 1.36. The van der Waals surface area contributed by atoms with Crippen molar-refractivity contribution in [2.75, 3.05) is 20.6 Å². The van der Waals surface area contributed by atoms with Crippen LogP contribution in [0.1, 0.15) is 141 Å². The van der Waals surface area contributed by atoms with Crippen LogP contribution in [0, 0.1) is 10.8 Å². The average Bonchev–Trinajstić information content (AvgIpc) is 3.83. The van der Waals surface area contributed by atoms with Crippen molar-refractivity contribution in [2.45, 2.75) is 181 Å². The van der Waals surface area contributed by atoms with Gasteiger partial charge in [0.25, 0.3) is 0 Å². The lowest BCUT2D eigenvalue weighted by atomic mass is 9.83. The third kappa shape index (κ3) is 14.6. The summed E-state index contributed by atoms with van der Waals surface area (Å²) in [7, 11) is 3.09. The highest BCUT2D eigenvalue weighted by Crippen LogP contribution is 2.38. The number of nitrogens with zero attached hydrogens (tertiary/aromatic N) is 3. The van der Waals surface area contributed by atoms with Gasteiger partial charge in [-0.25, -0.2) is 9.59 Å². The summed E-state index contributed by atoms with van der Waals surface area (Å²) < 4.78 is 5.50. The number of rotatable bonds is 16. The highest BCUT2D eigenvalue weighted by atomic mass is 16.6. The summed E-state index contributed by atoms with van der Waals surface area (Å²) in [4.78, 5) is 117. The zero-order valence-electron chi connectivity index (χ0n) is 47.2. The van der Waals surface area contributed by atoms with Crippen LogP contribution in [0.15, 0.2) is 72.8 Å². The van der Waals surface area contributed by atoms with E-state index < -0.39 is 100 Å². The minimum atomic E-state index is -1.34. The molecule has 18 nitrogen and oxygen atoms in total. The van der Waals surface area contributed by atoms with Crippen molar-refractivity contribution in [3.8, 4) is 0 Å². The van der Waals surface area contributed by atoms with Crippen LogP contribution in [0.2, 0.25) is 0 Å². The van der Waals surface area contributed by atoms with Crippen molar-refractivity contribution < 1.29 is 48.2 Å². The summed E-state index contributed by atoms with van der Waals surface area (Å²) in [5.74, 6) is -4.76. The lowest BCUT2D eigenvalue weighted by Gasteiger charge is -2.42. The van der Waals surface area contributed by atoms with E-state index in [0.29, 0.717) is 5.56 Å². The number of benzene rings is 3. The molecule has 0 saturated carbocycles. The molecule has 2 heterocycles. The second-order valence-electron chi connectivity index (χ2n) is 24.3. The van der Waals surface area contributed by atoms with Crippen molar-refractivity contribution in [3.05, 3.63) is 106 Å². The first-order valence-corrected chi connectivity index (χ1v) is 26.9. The van der Waals surface area contributed by atoms with E-state index in [-0.39, 0.29) is 50.2 Å². The second-order valence-corrected chi connectivity index (χ2v) is 24.3. The van der Waals surface area contributed by atoms with E-state index in [4.69, 9.17) is 4.74 Å². The van der Waals surface area contributed by atoms with Gasteiger partial charge < -0.3 is 46.2 Å². The van der Waals surface area contributed by atoms with E-state index in [1.54, 1.807) is 90.7 Å². The van der Waals surface area contributed by atoms with E-state index in [1.807, 2.05) is 57.2 Å². The molecule has 77 heavy (non-hydrogen) atoms. The summed E-state index contributed by atoms with van der Waals surface area (Å²) in [6.07, 6.45) is 2.04. The molecule has 0 spiro atoms. The Kier molecular flexibility index (Phi) is 18.7. The van der Waals surface area contributed by atoms with Gasteiger partial charge in [-0.1, -0.05) is 114 Å². The molecular formula is C59H82N8O10. The fourth-order valence-corrected chi connectivity index (χ4v) is 10.3. The van der Waals surface area contributed by atoms with E-state index >= 15 is 9.59 Å². The monoisotopic (exact) mass is 1060 g/mol. The molecule has 1 saturated heterocycles. The van der Waals surface area contributed by atoms with Gasteiger partial charge in [0, 0.05) is 38.9 Å². The number of hydrogen-bond donors (Lipinski definition) is 6. The summed E-state index contributed by atoms with van der Waals surface area (Å²) in [6.45, 7) is 19.3. The maximum Gasteiger partial charge on any atom is 0.410 e. The van der Waals surface area contributed by atoms with E-state index in [0.717, 1.165) is 46.4 Å². The van der Waals surface area contributed by atoms with Gasteiger partial charge in [-0.05, 0) is 112 Å². The number of ether oxygens (including phenoxy) is 1. The van der Waals surface area contributed by atoms with Crippen LogP contribution >= 0.6 is 0 Å². The molecule has 6 rings (SSSR count). The second kappa shape index (κ2) is 24.2. The summed E-state index contributed by atoms with van der Waals surface area (Å²) >= 11 is 0. The molecule has 1 aliphatic carbocycles. The zero-order chi connectivity index (χ0) is 56.9. The molecule has 2 aliphatic heterocycles. The van der Waals surface area contributed by atoms with Crippen LogP contribution in [0.25, 0.3) is 0 Å². The first-order chi connectivity index (χ1) is 36.0. The number of aliphatic carboxylic acids is 1. The molecule has 3 aromatic rings. The Morgan fingerprint density at radius 1 is 0.727 bits per heavy atom. The number of hydrogen-bond acceptors (Lipinski definition) is 10. The lowest BCUT2D eigenvalue weighted by Crippen LogP contribution is -2.62. The Morgan fingerprint density at radius 3 is 1.95 bits per heavy atom. The number of carboxylic acids is 1. The molecule has 0 radical (unpaired) electrons. The van der Waals surface area contributed by atoms with Gasteiger partial charge in [0.1, 0.15) is 41.9 Å². The molecule has 3 aliphatic rings. The quantitative estimate of drug-likeness (QED) is 0.104. The third-order valence-electron chi connectivity index (χ3n) is 15.2. The van der Waals surface area contributed by atoms with Gasteiger partial charge in [-0.2, -0.15) is 0 Å². The van der Waals surface area contributed by atoms with Gasteiger partial charge in [-0.15, -0.1) is 0 Å². The van der Waals surface area contributed by atoms with Crippen LogP contribution in [0.4, 0.5) is 4.79 Å². The zero-order valence-corrected chi connectivity index (χ0v) is 47.2. The predicted octanol–water partition coefficient (Wildman–Crippen LogP) is 5.56. The normalized spacial score (nSPS) is 20.4. The molecule has 0 bridgehead atoms. The number of carbonyl (C=O) groups excluding carboxylic acids is 7. The number of aryl methyl sites for hydroxylation is 1. The van der Waals surface area contributed by atoms with Crippen molar-refractivity contribution in [2.24, 2.45) is 10.8 Å². The molecule has 9 unspecified atom stereocenters. The van der Waals surface area contributed by atoms with E-state index in [1.165, 1.54) is 24.4 Å². The number of likely N-dealkylation sites (N-methyl/N-ethyl adjacent to an activating group) is 2. The highest BCUT2D eigenvalue weighted by molar-refractivity contribution is 5.96. The summed E-state index contributed by atoms with van der Waals surface area (Å²) in [5, 5.41) is 25.2. The standard InChI is InChI=1S/C59H82N8O10/c1-34(60-12)49(68)63-47(57(3,4)5)53(72)66-32-40-29-38(26-27-39(40)30-45(66)51(70)61-43-25-19-23-37-22-17-18-24-42(37)43)41-31-46(52(71)62-44(55(74)75)28-36-20-15-14-16-21-36)67(33-41)54(73)48(58(6,7)8)64-50(69)35(2)65(13)56(76)77-59(9,10)11/h14-18,20-22,24,26-27,29,34-35,41,43-48,60H,19,23,25,28,30-33H2,1-13H3,(H,61,70)(H,62,71)(H,63,68)(H,64,69)(H,74,75). The highest BCUT2D eigenvalue weighted by Gasteiger charge is 2.48. The van der Waals surface area contributed by atoms with Crippen molar-refractivity contribution in [1.29, 1.82) is 0 Å². The average molecular weight is 1060 g/mol. The van der Waals surface area contributed by atoms with Crippen LogP contribution in [0.5, 0.6) is 0 Å². The molecule has 7 amide bonds. The number of carbonyl (C=O) groups is 8. The lowest BCUT2D eigenvalue weighted by molar-refractivity contribution is -0.147. The third-order valence-corrected chi connectivity index (χ3v) is 15.2. The topological polar surface area (TPSA) is 236 Å². The Hall–Kier alpha value is -6.82. The maximum atomic E-state index is 15.2. The molecule has 418 valence electrons. The fraction of sp³-hybridized carbons (Fsp3) is 0.559. The molecule has 1 fully saturated rings. The Bertz CT molecular complexity index is 2670. The molecule has 0 aromatic heterocycles. The first kappa shape index (κ1) is 59.4. The van der Waals surface area contributed by atoms with Crippen LogP contribution in [-0.4, -0.2) is 136 Å². The fourth-order valence-electron chi connectivity index (χ4n) is 10.3. The molecule has 9 atom stereocenters. The van der Waals surface area contributed by atoms with Gasteiger partial charge in [0.2, 0.25) is 35.4 Å². The number of amides is 7. The summed E-state index contributed by atoms with van der Waals surface area (Å²) in [6, 6.07) is 15.1. The Morgan fingerprint density at radius 2 is 1.34 bits per heavy atom. The minimum Gasteiger partial charge on any atom is -0.480 e. The number of carboxylic acid groups (broad SMARTS) is 1. The van der Waals surface area contributed by atoms with Crippen LogP contribution in [-0.2, 0) is 64.1 Å². The van der Waals surface area contributed by atoms with Crippen LogP contribution < -0.4 is 26.6 Å². The SMILES string of the molecule is CNC(C)C(=O)NC(C(=O)N1Cc2cc(C3CC(C(=O)NC(Cc4ccccc4)C(=O)O)N(C(=O)C(NC(=O)C(C)N(C)C(=O)OC(C)(C)C)C(C)(C)C)C3)ccc2CC1C(=O)NC1CCCc2ccccc21)C(C)(C)C. The first-order valence-electron chi connectivity index (χ1n) is 26.9. The number of likely N-dealkylation sites (tertiary alicyclic amines) is 1. The van der Waals surface area contributed by atoms with Gasteiger partial charge in [-0.3, -0.25) is 33.7 Å². The minimum absolute atomic E-state index is 0.000260. The predicted molar refractivity (Wildman–Crippen MR) is 292 cm³/mol. The van der Waals surface area contributed by atoms with Gasteiger partial charge in [0.15, 0.2) is 0 Å². The summed E-state index contributed by atoms with van der Waals surface area (Å²) in [5.41, 5.74) is 2.69. The van der Waals surface area contributed by atoms with Gasteiger partial charge >= 0.3 is 12.1 Å². The number of nitrogens with one attached hydrogen (secondary N) is 5. The van der Waals surface area contributed by atoms with Crippen molar-refractivity contribution in [1.82, 2.24) is 41.3 Å². The van der Waals surface area contributed by atoms with E-state index in [2.05, 4.69) is 32.7 Å². The number of fused-ring (bicyclic) bond motifs is 2. The maximum absolute atomic E-state index is 15.2. The molecule has 6 N–H and O–H groups in total. The van der Waals surface area contributed by atoms with Gasteiger partial charge in [0.05, 0.1) is 12.1 Å². The van der Waals surface area contributed by atoms with Crippen LogP contribution in [0.3, 0.4) is 0 Å². The van der Waals surface area contributed by atoms with Crippen molar-refractivity contribution in [3.63, 3.8) is 0 Å². The van der Waals surface area contributed by atoms with E-state index in [9.17, 15) is 33.9 Å². The molecular weight excluding hydrogens is 981 g/mol. The smallest absolute Gasteiger partial charge is 0.410 e. The molecule has 18 heteroatoms. The Labute approximate surface area is 454 Å². The largest absolute Gasteiger partial charge is 0.480 e. The van der Waals surface area contributed by atoms with Crippen molar-refractivity contribution >= 4 is 47.5 Å². The molecule has 3 aromatic carbocycles.